The summed E-state index contributed by atoms with van der Waals surface area (Å²) in [6.45, 7) is 1.99. The van der Waals surface area contributed by atoms with E-state index in [2.05, 4.69) is 11.4 Å². The Morgan fingerprint density at radius 1 is 1.19 bits per heavy atom. The summed E-state index contributed by atoms with van der Waals surface area (Å²) >= 11 is 0. The lowest BCUT2D eigenvalue weighted by atomic mass is 9.79. The maximum Gasteiger partial charge on any atom is 0.249 e. The molecule has 3 aliphatic rings. The zero-order chi connectivity index (χ0) is 14.6. The Balaban J connectivity index is 1.55. The minimum absolute atomic E-state index is 0.333. The van der Waals surface area contributed by atoms with E-state index in [9.17, 15) is 4.79 Å². The van der Waals surface area contributed by atoms with E-state index in [1.165, 1.54) is 32.1 Å². The van der Waals surface area contributed by atoms with E-state index in [0.29, 0.717) is 11.6 Å². The van der Waals surface area contributed by atoms with E-state index < -0.39 is 0 Å². The second kappa shape index (κ2) is 4.75. The van der Waals surface area contributed by atoms with Crippen molar-refractivity contribution in [2.24, 2.45) is 29.4 Å². The van der Waals surface area contributed by atoms with Crippen LogP contribution >= 0.6 is 0 Å². The molecule has 2 bridgehead atoms. The Morgan fingerprint density at radius 2 is 2.00 bits per heavy atom. The van der Waals surface area contributed by atoms with Crippen molar-refractivity contribution >= 4 is 11.6 Å². The number of primary amides is 1. The fraction of sp³-hybridized carbons (Fsp3) is 0.611. The van der Waals surface area contributed by atoms with Gasteiger partial charge in [0.25, 0.3) is 0 Å². The van der Waals surface area contributed by atoms with Gasteiger partial charge in [-0.2, -0.15) is 0 Å². The summed E-state index contributed by atoms with van der Waals surface area (Å²) in [6, 6.07) is 6.42. The molecule has 3 fully saturated rings. The third-order valence-corrected chi connectivity index (χ3v) is 6.37. The Morgan fingerprint density at radius 3 is 2.81 bits per heavy atom. The normalized spacial score (nSPS) is 36.7. The largest absolute Gasteiger partial charge is 0.382 e. The standard InChI is InChI=1S/C18H24N2O/c1-10-12(18(19)21)4-3-7-16(10)20-17-9-11-8-15(17)14-6-2-5-13(11)14/h3-4,7,11,13-15,17,20H,2,5-6,8-9H2,1H3,(H2,19,21). The van der Waals surface area contributed by atoms with E-state index in [1.807, 2.05) is 19.1 Å². The number of carbonyl (C=O) groups is 1. The number of nitrogens with two attached hydrogens (primary N) is 1. The highest BCUT2D eigenvalue weighted by atomic mass is 16.1. The van der Waals surface area contributed by atoms with Gasteiger partial charge in [-0.1, -0.05) is 12.5 Å². The molecule has 1 aromatic rings. The minimum Gasteiger partial charge on any atom is -0.382 e. The zero-order valence-corrected chi connectivity index (χ0v) is 12.6. The summed E-state index contributed by atoms with van der Waals surface area (Å²) in [5.74, 6) is 3.44. The number of benzene rings is 1. The molecule has 5 atom stereocenters. The molecule has 21 heavy (non-hydrogen) atoms. The summed E-state index contributed by atoms with van der Waals surface area (Å²) in [5, 5.41) is 3.74. The van der Waals surface area contributed by atoms with Gasteiger partial charge in [0.1, 0.15) is 0 Å². The van der Waals surface area contributed by atoms with Crippen LogP contribution in [0.4, 0.5) is 5.69 Å². The Labute approximate surface area is 126 Å². The smallest absolute Gasteiger partial charge is 0.249 e. The Kier molecular flexibility index (Phi) is 2.98. The molecule has 0 spiro atoms. The predicted molar refractivity (Wildman–Crippen MR) is 84.2 cm³/mol. The molecule has 3 saturated carbocycles. The number of carbonyl (C=O) groups excluding carboxylic acids is 1. The first-order chi connectivity index (χ1) is 10.1. The summed E-state index contributed by atoms with van der Waals surface area (Å²) in [4.78, 5) is 11.5. The fourth-order valence-electron chi connectivity index (χ4n) is 5.49. The second-order valence-corrected chi connectivity index (χ2v) is 7.25. The van der Waals surface area contributed by atoms with Crippen LogP contribution in [0.15, 0.2) is 18.2 Å². The minimum atomic E-state index is -0.333. The van der Waals surface area contributed by atoms with Crippen molar-refractivity contribution < 1.29 is 4.79 Å². The molecule has 0 aromatic heterocycles. The number of anilines is 1. The van der Waals surface area contributed by atoms with E-state index in [0.717, 1.165) is 34.9 Å². The third-order valence-electron chi connectivity index (χ3n) is 6.37. The van der Waals surface area contributed by atoms with Gasteiger partial charge in [-0.25, -0.2) is 0 Å². The molecule has 0 heterocycles. The fourth-order valence-corrected chi connectivity index (χ4v) is 5.49. The van der Waals surface area contributed by atoms with Gasteiger partial charge in [0, 0.05) is 17.3 Å². The lowest BCUT2D eigenvalue weighted by Crippen LogP contribution is -2.34. The maximum atomic E-state index is 11.5. The van der Waals surface area contributed by atoms with Crippen LogP contribution in [0.2, 0.25) is 0 Å². The summed E-state index contributed by atoms with van der Waals surface area (Å²) in [7, 11) is 0. The first kappa shape index (κ1) is 13.2. The maximum absolute atomic E-state index is 11.5. The molecule has 0 aliphatic heterocycles. The van der Waals surface area contributed by atoms with Gasteiger partial charge in [0.05, 0.1) is 0 Å². The number of hydrogen-bond acceptors (Lipinski definition) is 2. The predicted octanol–water partition coefficient (Wildman–Crippen LogP) is 3.33. The van der Waals surface area contributed by atoms with Crippen molar-refractivity contribution in [3.63, 3.8) is 0 Å². The van der Waals surface area contributed by atoms with Crippen LogP contribution in [-0.4, -0.2) is 11.9 Å². The van der Waals surface area contributed by atoms with Crippen LogP contribution in [0.5, 0.6) is 0 Å². The van der Waals surface area contributed by atoms with Crippen molar-refractivity contribution in [1.29, 1.82) is 0 Å². The molecule has 4 rings (SSSR count). The quantitative estimate of drug-likeness (QED) is 0.894. The Bertz CT molecular complexity index is 583. The highest BCUT2D eigenvalue weighted by Crippen LogP contribution is 2.59. The van der Waals surface area contributed by atoms with E-state index >= 15 is 0 Å². The van der Waals surface area contributed by atoms with Gasteiger partial charge in [-0.15, -0.1) is 0 Å². The highest BCUT2D eigenvalue weighted by molar-refractivity contribution is 5.95. The van der Waals surface area contributed by atoms with Gasteiger partial charge in [-0.3, -0.25) is 4.79 Å². The number of amides is 1. The van der Waals surface area contributed by atoms with E-state index in [-0.39, 0.29) is 5.91 Å². The van der Waals surface area contributed by atoms with Gasteiger partial charge in [0.2, 0.25) is 5.91 Å². The summed E-state index contributed by atoms with van der Waals surface area (Å²) < 4.78 is 0. The molecule has 112 valence electrons. The Hall–Kier alpha value is -1.51. The molecular weight excluding hydrogens is 260 g/mol. The number of nitrogens with one attached hydrogen (secondary N) is 1. The molecule has 0 saturated heterocycles. The number of hydrogen-bond donors (Lipinski definition) is 2. The summed E-state index contributed by atoms with van der Waals surface area (Å²) in [5.41, 5.74) is 8.19. The topological polar surface area (TPSA) is 55.1 Å². The van der Waals surface area contributed by atoms with Crippen molar-refractivity contribution in [3.8, 4) is 0 Å². The molecular formula is C18H24N2O. The zero-order valence-electron chi connectivity index (χ0n) is 12.6. The highest BCUT2D eigenvalue weighted by Gasteiger charge is 2.53. The molecule has 3 heteroatoms. The van der Waals surface area contributed by atoms with Gasteiger partial charge >= 0.3 is 0 Å². The SMILES string of the molecule is Cc1c(NC2CC3CC2C2CCCC32)cccc1C(N)=O. The lowest BCUT2D eigenvalue weighted by Gasteiger charge is -2.33. The average molecular weight is 284 g/mol. The van der Waals surface area contributed by atoms with Gasteiger partial charge < -0.3 is 11.1 Å². The average Bonchev–Trinajstić information content (AvgIpc) is 3.12. The van der Waals surface area contributed by atoms with Crippen LogP contribution in [0.1, 0.15) is 48.0 Å². The van der Waals surface area contributed by atoms with Crippen molar-refractivity contribution in [1.82, 2.24) is 0 Å². The van der Waals surface area contributed by atoms with Crippen molar-refractivity contribution in [2.45, 2.75) is 45.1 Å². The molecule has 5 unspecified atom stereocenters. The van der Waals surface area contributed by atoms with Crippen LogP contribution in [-0.2, 0) is 0 Å². The molecule has 1 amide bonds. The monoisotopic (exact) mass is 284 g/mol. The lowest BCUT2D eigenvalue weighted by molar-refractivity contribution is 0.0999. The van der Waals surface area contributed by atoms with Crippen LogP contribution in [0.3, 0.4) is 0 Å². The van der Waals surface area contributed by atoms with E-state index in [1.54, 1.807) is 0 Å². The molecule has 3 aliphatic carbocycles. The molecule has 3 nitrogen and oxygen atoms in total. The number of fused-ring (bicyclic) bond motifs is 5. The molecule has 1 aromatic carbocycles. The van der Waals surface area contributed by atoms with E-state index in [4.69, 9.17) is 5.73 Å². The van der Waals surface area contributed by atoms with Crippen LogP contribution in [0.25, 0.3) is 0 Å². The summed E-state index contributed by atoms with van der Waals surface area (Å²) in [6.07, 6.45) is 7.07. The van der Waals surface area contributed by atoms with Gasteiger partial charge in [-0.05, 0) is 74.0 Å². The van der Waals surface area contributed by atoms with Crippen molar-refractivity contribution in [3.05, 3.63) is 29.3 Å². The molecule has 0 radical (unpaired) electrons. The van der Waals surface area contributed by atoms with Crippen LogP contribution < -0.4 is 11.1 Å². The van der Waals surface area contributed by atoms with Crippen LogP contribution in [0, 0.1) is 30.6 Å². The number of rotatable bonds is 3. The third kappa shape index (κ3) is 1.97. The first-order valence-corrected chi connectivity index (χ1v) is 8.31. The van der Waals surface area contributed by atoms with Crippen molar-refractivity contribution in [2.75, 3.05) is 5.32 Å². The first-order valence-electron chi connectivity index (χ1n) is 8.31. The van der Waals surface area contributed by atoms with Gasteiger partial charge in [0.15, 0.2) is 0 Å². The molecule has 3 N–H and O–H groups in total. The second-order valence-electron chi connectivity index (χ2n) is 7.25.